The van der Waals surface area contributed by atoms with Crippen molar-refractivity contribution in [1.82, 2.24) is 4.98 Å². The van der Waals surface area contributed by atoms with Gasteiger partial charge in [0.2, 0.25) is 0 Å². The molecule has 1 amide bonds. The number of rotatable bonds is 1. The van der Waals surface area contributed by atoms with E-state index in [1.807, 2.05) is 27.7 Å². The molecule has 16 heavy (non-hydrogen) atoms. The lowest BCUT2D eigenvalue weighted by Gasteiger charge is -2.23. The van der Waals surface area contributed by atoms with E-state index in [1.54, 1.807) is 7.05 Å². The fourth-order valence-electron chi connectivity index (χ4n) is 1.01. The quantitative estimate of drug-likeness (QED) is 0.726. The van der Waals surface area contributed by atoms with Gasteiger partial charge in [0, 0.05) is 7.05 Å². The van der Waals surface area contributed by atoms with Gasteiger partial charge in [-0.05, 0) is 50.3 Å². The van der Waals surface area contributed by atoms with Crippen molar-refractivity contribution in [3.8, 4) is 0 Å². The molecule has 0 fully saturated rings. The van der Waals surface area contributed by atoms with Crippen LogP contribution in [0.25, 0.3) is 0 Å². The number of amides is 1. The van der Waals surface area contributed by atoms with Gasteiger partial charge < -0.3 is 4.74 Å². The number of thiazole rings is 1. The Morgan fingerprint density at radius 2 is 2.06 bits per heavy atom. The second-order valence-electron chi connectivity index (χ2n) is 4.37. The summed E-state index contributed by atoms with van der Waals surface area (Å²) in [4.78, 5) is 17.6. The molecule has 0 saturated carbocycles. The summed E-state index contributed by atoms with van der Waals surface area (Å²) in [5.41, 5.74) is -0.476. The standard InChI is InChI=1S/C10H15IN2O2S/c1-6-12-7(11)8(16-6)13(5)9(14)15-10(2,3)4/h1-5H3. The number of aryl methyl sites for hydroxylation is 1. The highest BCUT2D eigenvalue weighted by Crippen LogP contribution is 2.29. The van der Waals surface area contributed by atoms with E-state index in [1.165, 1.54) is 16.2 Å². The van der Waals surface area contributed by atoms with Gasteiger partial charge in [-0.1, -0.05) is 0 Å². The molecular formula is C10H15IN2O2S. The number of hydrogen-bond acceptors (Lipinski definition) is 4. The maximum Gasteiger partial charge on any atom is 0.415 e. The first-order valence-corrected chi connectivity index (χ1v) is 6.70. The van der Waals surface area contributed by atoms with Gasteiger partial charge in [-0.25, -0.2) is 9.78 Å². The molecule has 0 saturated heterocycles. The van der Waals surface area contributed by atoms with Crippen LogP contribution in [0.1, 0.15) is 25.8 Å². The molecule has 0 atom stereocenters. The summed E-state index contributed by atoms with van der Waals surface area (Å²) >= 11 is 3.60. The minimum Gasteiger partial charge on any atom is -0.443 e. The smallest absolute Gasteiger partial charge is 0.415 e. The molecule has 1 heterocycles. The number of nitrogens with zero attached hydrogens (tertiary/aromatic N) is 2. The van der Waals surface area contributed by atoms with E-state index in [4.69, 9.17) is 4.74 Å². The zero-order chi connectivity index (χ0) is 12.5. The van der Waals surface area contributed by atoms with E-state index in [9.17, 15) is 4.79 Å². The van der Waals surface area contributed by atoms with Crippen LogP contribution in [0.4, 0.5) is 9.80 Å². The summed E-state index contributed by atoms with van der Waals surface area (Å²) in [5.74, 6) is 0. The Labute approximate surface area is 113 Å². The Balaban J connectivity index is 2.82. The average molecular weight is 354 g/mol. The summed E-state index contributed by atoms with van der Waals surface area (Å²) in [5, 5.41) is 1.77. The molecule has 0 bridgehead atoms. The zero-order valence-corrected chi connectivity index (χ0v) is 13.0. The van der Waals surface area contributed by atoms with Crippen LogP contribution in [-0.4, -0.2) is 23.7 Å². The molecule has 0 spiro atoms. The van der Waals surface area contributed by atoms with Crippen molar-refractivity contribution in [3.63, 3.8) is 0 Å². The summed E-state index contributed by atoms with van der Waals surface area (Å²) in [6.45, 7) is 7.46. The molecule has 90 valence electrons. The second-order valence-corrected chi connectivity index (χ2v) is 6.57. The minimum absolute atomic E-state index is 0.353. The first-order valence-electron chi connectivity index (χ1n) is 4.80. The number of carbonyl (C=O) groups excluding carboxylic acids is 1. The number of ether oxygens (including phenoxy) is 1. The van der Waals surface area contributed by atoms with Gasteiger partial charge in [0.25, 0.3) is 0 Å². The van der Waals surface area contributed by atoms with Crippen molar-refractivity contribution >= 4 is 45.0 Å². The average Bonchev–Trinajstić information content (AvgIpc) is 2.41. The number of aromatic nitrogens is 1. The molecule has 1 aromatic rings. The van der Waals surface area contributed by atoms with E-state index >= 15 is 0 Å². The Morgan fingerprint density at radius 3 is 2.44 bits per heavy atom. The first-order chi connectivity index (χ1) is 7.20. The molecule has 6 heteroatoms. The van der Waals surface area contributed by atoms with Crippen molar-refractivity contribution in [1.29, 1.82) is 0 Å². The van der Waals surface area contributed by atoms with Gasteiger partial charge in [0.05, 0.1) is 5.01 Å². The van der Waals surface area contributed by atoms with E-state index < -0.39 is 5.60 Å². The topological polar surface area (TPSA) is 42.4 Å². The summed E-state index contributed by atoms with van der Waals surface area (Å²) in [6, 6.07) is 0. The van der Waals surface area contributed by atoms with Crippen LogP contribution in [0, 0.1) is 10.6 Å². The minimum atomic E-state index is -0.476. The molecule has 1 aromatic heterocycles. The van der Waals surface area contributed by atoms with Crippen LogP contribution in [0.3, 0.4) is 0 Å². The Kier molecular flexibility index (Phi) is 4.17. The van der Waals surface area contributed by atoms with Crippen LogP contribution in [0.5, 0.6) is 0 Å². The second kappa shape index (κ2) is 4.87. The highest BCUT2D eigenvalue weighted by molar-refractivity contribution is 14.1. The van der Waals surface area contributed by atoms with Gasteiger partial charge in [0.15, 0.2) is 0 Å². The van der Waals surface area contributed by atoms with Gasteiger partial charge in [-0.15, -0.1) is 11.3 Å². The van der Waals surface area contributed by atoms with Crippen molar-refractivity contribution in [3.05, 3.63) is 8.71 Å². The van der Waals surface area contributed by atoms with Crippen molar-refractivity contribution in [2.75, 3.05) is 11.9 Å². The van der Waals surface area contributed by atoms with Crippen LogP contribution >= 0.6 is 33.9 Å². The molecular weight excluding hydrogens is 339 g/mol. The Hall–Kier alpha value is -0.370. The molecule has 0 aliphatic carbocycles. The molecule has 4 nitrogen and oxygen atoms in total. The monoisotopic (exact) mass is 354 g/mol. The van der Waals surface area contributed by atoms with Crippen molar-refractivity contribution in [2.24, 2.45) is 0 Å². The number of anilines is 1. The fourth-order valence-corrected chi connectivity index (χ4v) is 2.99. The molecule has 0 unspecified atom stereocenters. The van der Waals surface area contributed by atoms with Gasteiger partial charge in [0.1, 0.15) is 14.3 Å². The summed E-state index contributed by atoms with van der Waals surface area (Å²) in [6.07, 6.45) is -0.353. The third-order valence-electron chi connectivity index (χ3n) is 1.65. The Morgan fingerprint density at radius 1 is 1.50 bits per heavy atom. The van der Waals surface area contributed by atoms with Gasteiger partial charge in [-0.3, -0.25) is 4.90 Å². The normalized spacial score (nSPS) is 11.4. The molecule has 0 N–H and O–H groups in total. The highest BCUT2D eigenvalue weighted by atomic mass is 127. The molecule has 0 radical (unpaired) electrons. The number of carbonyl (C=O) groups is 1. The summed E-state index contributed by atoms with van der Waals surface area (Å²) in [7, 11) is 1.70. The fraction of sp³-hybridized carbons (Fsp3) is 0.600. The SMILES string of the molecule is Cc1nc(I)c(N(C)C(=O)OC(C)(C)C)s1. The van der Waals surface area contributed by atoms with Crippen LogP contribution in [-0.2, 0) is 4.74 Å². The Bertz CT molecular complexity index is 398. The van der Waals surface area contributed by atoms with E-state index in [-0.39, 0.29) is 6.09 Å². The van der Waals surface area contributed by atoms with Crippen LogP contribution in [0.2, 0.25) is 0 Å². The van der Waals surface area contributed by atoms with E-state index in [0.29, 0.717) is 0 Å². The largest absolute Gasteiger partial charge is 0.443 e. The van der Waals surface area contributed by atoms with Crippen molar-refractivity contribution < 1.29 is 9.53 Å². The lowest BCUT2D eigenvalue weighted by molar-refractivity contribution is 0.0590. The molecule has 0 aromatic carbocycles. The predicted octanol–water partition coefficient (Wildman–Crippen LogP) is 3.43. The molecule has 0 aliphatic rings. The van der Waals surface area contributed by atoms with Gasteiger partial charge >= 0.3 is 6.09 Å². The van der Waals surface area contributed by atoms with Gasteiger partial charge in [-0.2, -0.15) is 0 Å². The number of hydrogen-bond donors (Lipinski definition) is 0. The van der Waals surface area contributed by atoms with E-state index in [0.717, 1.165) is 13.7 Å². The summed E-state index contributed by atoms with van der Waals surface area (Å²) < 4.78 is 6.11. The highest BCUT2D eigenvalue weighted by Gasteiger charge is 2.23. The maximum atomic E-state index is 11.8. The zero-order valence-electron chi connectivity index (χ0n) is 10.00. The van der Waals surface area contributed by atoms with E-state index in [2.05, 4.69) is 27.6 Å². The first kappa shape index (κ1) is 13.7. The lowest BCUT2D eigenvalue weighted by atomic mass is 10.2. The lowest BCUT2D eigenvalue weighted by Crippen LogP contribution is -2.34. The van der Waals surface area contributed by atoms with Crippen LogP contribution in [0.15, 0.2) is 0 Å². The third kappa shape index (κ3) is 3.58. The molecule has 1 rings (SSSR count). The predicted molar refractivity (Wildman–Crippen MR) is 74.2 cm³/mol. The maximum absolute atomic E-state index is 11.8. The molecule has 0 aliphatic heterocycles. The van der Waals surface area contributed by atoms with Crippen LogP contribution < -0.4 is 4.90 Å². The number of halogens is 1. The van der Waals surface area contributed by atoms with Crippen molar-refractivity contribution in [2.45, 2.75) is 33.3 Å². The third-order valence-corrected chi connectivity index (χ3v) is 3.81.